The summed E-state index contributed by atoms with van der Waals surface area (Å²) in [7, 11) is -2.10. The fraction of sp³-hybridized carbons (Fsp3) is 0.412. The SMILES string of the molecule is CNS(=O)(=O)c1ccc2c(c1)N(CC(O)COCc1ccco1)CC2. The van der Waals surface area contributed by atoms with Crippen molar-refractivity contribution in [1.29, 1.82) is 0 Å². The molecule has 25 heavy (non-hydrogen) atoms. The molecule has 2 heterocycles. The number of benzene rings is 1. The maximum Gasteiger partial charge on any atom is 0.240 e. The van der Waals surface area contributed by atoms with Crippen LogP contribution in [0.15, 0.2) is 45.9 Å². The molecule has 1 aromatic carbocycles. The Morgan fingerprint density at radius 3 is 2.96 bits per heavy atom. The maximum absolute atomic E-state index is 12.0. The van der Waals surface area contributed by atoms with Gasteiger partial charge in [0.05, 0.1) is 23.9 Å². The highest BCUT2D eigenvalue weighted by atomic mass is 32.2. The largest absolute Gasteiger partial charge is 0.467 e. The van der Waals surface area contributed by atoms with E-state index in [-0.39, 0.29) is 11.5 Å². The van der Waals surface area contributed by atoms with Crippen LogP contribution in [0.3, 0.4) is 0 Å². The van der Waals surface area contributed by atoms with Crippen LogP contribution >= 0.6 is 0 Å². The Balaban J connectivity index is 1.60. The van der Waals surface area contributed by atoms with E-state index < -0.39 is 16.1 Å². The highest BCUT2D eigenvalue weighted by Gasteiger charge is 2.24. The van der Waals surface area contributed by atoms with Crippen molar-refractivity contribution in [1.82, 2.24) is 4.72 Å². The molecule has 3 rings (SSSR count). The molecule has 1 aliphatic rings. The summed E-state index contributed by atoms with van der Waals surface area (Å²) in [6.07, 6.45) is 1.73. The van der Waals surface area contributed by atoms with E-state index in [1.165, 1.54) is 7.05 Å². The number of furan rings is 1. The van der Waals surface area contributed by atoms with E-state index in [1.54, 1.807) is 24.5 Å². The molecule has 1 aromatic heterocycles. The van der Waals surface area contributed by atoms with E-state index in [0.29, 0.717) is 18.9 Å². The molecule has 136 valence electrons. The molecule has 2 N–H and O–H groups in total. The number of hydrogen-bond acceptors (Lipinski definition) is 6. The molecule has 0 aliphatic carbocycles. The molecule has 7 nitrogen and oxygen atoms in total. The summed E-state index contributed by atoms with van der Waals surface area (Å²) >= 11 is 0. The Kier molecular flexibility index (Phi) is 5.43. The lowest BCUT2D eigenvalue weighted by Crippen LogP contribution is -2.33. The number of hydrogen-bond donors (Lipinski definition) is 2. The normalized spacial score (nSPS) is 15.4. The zero-order chi connectivity index (χ0) is 17.9. The van der Waals surface area contributed by atoms with Crippen LogP contribution in [0.5, 0.6) is 0 Å². The van der Waals surface area contributed by atoms with Gasteiger partial charge in [0.15, 0.2) is 0 Å². The van der Waals surface area contributed by atoms with Crippen molar-refractivity contribution in [2.45, 2.75) is 24.0 Å². The number of aliphatic hydroxyl groups is 1. The first-order valence-electron chi connectivity index (χ1n) is 8.09. The average molecular weight is 366 g/mol. The van der Waals surface area contributed by atoms with Crippen LogP contribution in [0.25, 0.3) is 0 Å². The maximum atomic E-state index is 12.0. The lowest BCUT2D eigenvalue weighted by molar-refractivity contribution is 0.0257. The first-order chi connectivity index (χ1) is 12.0. The smallest absolute Gasteiger partial charge is 0.240 e. The summed E-state index contributed by atoms with van der Waals surface area (Å²) in [5, 5.41) is 10.2. The molecule has 0 saturated heterocycles. The van der Waals surface area contributed by atoms with Gasteiger partial charge in [-0.15, -0.1) is 0 Å². The summed E-state index contributed by atoms with van der Waals surface area (Å²) in [4.78, 5) is 2.22. The molecule has 0 bridgehead atoms. The van der Waals surface area contributed by atoms with Crippen molar-refractivity contribution in [3.8, 4) is 0 Å². The fourth-order valence-corrected chi connectivity index (χ4v) is 3.65. The van der Waals surface area contributed by atoms with Gasteiger partial charge >= 0.3 is 0 Å². The molecular weight excluding hydrogens is 344 g/mol. The second kappa shape index (κ2) is 7.57. The van der Waals surface area contributed by atoms with Gasteiger partial charge < -0.3 is 19.2 Å². The molecule has 1 aliphatic heterocycles. The number of β-amino-alcohol motifs (C(OH)–C–C–N with tert-alkyl or cyclic N) is 1. The number of nitrogens with zero attached hydrogens (tertiary/aromatic N) is 1. The number of ether oxygens (including phenoxy) is 1. The van der Waals surface area contributed by atoms with Crippen molar-refractivity contribution in [3.63, 3.8) is 0 Å². The first-order valence-corrected chi connectivity index (χ1v) is 9.57. The second-order valence-electron chi connectivity index (χ2n) is 5.94. The quantitative estimate of drug-likeness (QED) is 0.728. The molecule has 8 heteroatoms. The molecule has 0 radical (unpaired) electrons. The van der Waals surface area contributed by atoms with Crippen LogP contribution in [0, 0.1) is 0 Å². The summed E-state index contributed by atoms with van der Waals surface area (Å²) in [5.41, 5.74) is 1.93. The number of nitrogens with one attached hydrogen (secondary N) is 1. The third kappa shape index (κ3) is 4.21. The van der Waals surface area contributed by atoms with Crippen molar-refractivity contribution in [2.24, 2.45) is 0 Å². The van der Waals surface area contributed by atoms with Gasteiger partial charge in [-0.25, -0.2) is 13.1 Å². The van der Waals surface area contributed by atoms with Crippen LogP contribution in [-0.4, -0.2) is 46.4 Å². The van der Waals surface area contributed by atoms with Crippen LogP contribution < -0.4 is 9.62 Å². The van der Waals surface area contributed by atoms with E-state index in [1.807, 2.05) is 17.0 Å². The van der Waals surface area contributed by atoms with Crippen LogP contribution in [-0.2, 0) is 27.8 Å². The van der Waals surface area contributed by atoms with E-state index >= 15 is 0 Å². The third-order valence-electron chi connectivity index (χ3n) is 4.19. The topological polar surface area (TPSA) is 92.0 Å². The standard InChI is InChI=1S/C17H22N2O5S/c1-18-25(21,22)16-5-4-13-6-7-19(17(13)9-16)10-14(20)11-23-12-15-3-2-8-24-15/h2-5,8-9,14,18,20H,6-7,10-12H2,1H3. The molecule has 0 amide bonds. The molecule has 1 atom stereocenters. The number of rotatable bonds is 8. The minimum atomic E-state index is -3.49. The zero-order valence-corrected chi connectivity index (χ0v) is 14.8. The molecule has 2 aromatic rings. The van der Waals surface area contributed by atoms with Crippen molar-refractivity contribution >= 4 is 15.7 Å². The van der Waals surface area contributed by atoms with E-state index in [0.717, 1.165) is 24.2 Å². The molecule has 1 unspecified atom stereocenters. The highest BCUT2D eigenvalue weighted by Crippen LogP contribution is 2.30. The van der Waals surface area contributed by atoms with Gasteiger partial charge in [-0.05, 0) is 43.3 Å². The van der Waals surface area contributed by atoms with Crippen LogP contribution in [0.1, 0.15) is 11.3 Å². The predicted molar refractivity (Wildman–Crippen MR) is 93.0 cm³/mol. The summed E-state index contributed by atoms with van der Waals surface area (Å²) < 4.78 is 36.9. The highest BCUT2D eigenvalue weighted by molar-refractivity contribution is 7.89. The Morgan fingerprint density at radius 2 is 2.24 bits per heavy atom. The summed E-state index contributed by atoms with van der Waals surface area (Å²) in [6.45, 7) is 1.62. The van der Waals surface area contributed by atoms with Crippen molar-refractivity contribution in [3.05, 3.63) is 47.9 Å². The number of aliphatic hydroxyl groups excluding tert-OH is 1. The summed E-state index contributed by atoms with van der Waals surface area (Å²) in [6, 6.07) is 8.70. The molecule has 0 fully saturated rings. The number of fused-ring (bicyclic) bond motifs is 1. The number of anilines is 1. The molecule has 0 saturated carbocycles. The zero-order valence-electron chi connectivity index (χ0n) is 14.0. The first kappa shape index (κ1) is 17.9. The minimum Gasteiger partial charge on any atom is -0.467 e. The Labute approximate surface area is 147 Å². The van der Waals surface area contributed by atoms with E-state index in [2.05, 4.69) is 4.72 Å². The third-order valence-corrected chi connectivity index (χ3v) is 5.61. The monoisotopic (exact) mass is 366 g/mol. The number of sulfonamides is 1. The average Bonchev–Trinajstić information content (AvgIpc) is 3.25. The predicted octanol–water partition coefficient (Wildman–Crippen LogP) is 1.13. The lowest BCUT2D eigenvalue weighted by Gasteiger charge is -2.23. The van der Waals surface area contributed by atoms with Gasteiger partial charge in [-0.1, -0.05) is 6.07 Å². The van der Waals surface area contributed by atoms with E-state index in [4.69, 9.17) is 9.15 Å². The van der Waals surface area contributed by atoms with Gasteiger partial charge in [0.25, 0.3) is 0 Å². The Hall–Kier alpha value is -1.87. The van der Waals surface area contributed by atoms with Gasteiger partial charge in [0.2, 0.25) is 10.0 Å². The molecular formula is C17H22N2O5S. The van der Waals surface area contributed by atoms with Gasteiger partial charge in [-0.3, -0.25) is 0 Å². The van der Waals surface area contributed by atoms with E-state index in [9.17, 15) is 13.5 Å². The summed E-state index contributed by atoms with van der Waals surface area (Å²) in [5.74, 6) is 0.709. The minimum absolute atomic E-state index is 0.182. The fourth-order valence-electron chi connectivity index (χ4n) is 2.90. The van der Waals surface area contributed by atoms with Gasteiger partial charge in [-0.2, -0.15) is 0 Å². The Morgan fingerprint density at radius 1 is 1.40 bits per heavy atom. The molecule has 0 spiro atoms. The van der Waals surface area contributed by atoms with Crippen molar-refractivity contribution in [2.75, 3.05) is 31.6 Å². The lowest BCUT2D eigenvalue weighted by atomic mass is 10.2. The van der Waals surface area contributed by atoms with Gasteiger partial charge in [0, 0.05) is 18.8 Å². The van der Waals surface area contributed by atoms with Crippen LogP contribution in [0.4, 0.5) is 5.69 Å². The second-order valence-corrected chi connectivity index (χ2v) is 7.83. The van der Waals surface area contributed by atoms with Crippen LogP contribution in [0.2, 0.25) is 0 Å². The van der Waals surface area contributed by atoms with Gasteiger partial charge in [0.1, 0.15) is 12.4 Å². The van der Waals surface area contributed by atoms with Crippen molar-refractivity contribution < 1.29 is 22.7 Å². The Bertz CT molecular complexity index is 804.